The number of rotatable bonds is 1. The van der Waals surface area contributed by atoms with Crippen LogP contribution in [-0.4, -0.2) is 19.5 Å². The first-order valence-electron chi connectivity index (χ1n) is 5.51. The number of nitrogens with one attached hydrogen (secondary N) is 2. The van der Waals surface area contributed by atoms with Crippen LogP contribution in [0.25, 0.3) is 22.6 Å². The molecule has 0 saturated heterocycles. The molecular weight excluding hydrogens is 251 g/mol. The van der Waals surface area contributed by atoms with Crippen molar-refractivity contribution in [2.75, 3.05) is 0 Å². The van der Waals surface area contributed by atoms with Crippen molar-refractivity contribution in [1.29, 1.82) is 0 Å². The van der Waals surface area contributed by atoms with E-state index in [1.165, 1.54) is 23.7 Å². The molecule has 2 heterocycles. The van der Waals surface area contributed by atoms with E-state index in [2.05, 4.69) is 15.0 Å². The molecule has 0 aliphatic heterocycles. The number of hydrogen-bond acceptors (Lipinski definition) is 3. The standard InChI is InChI=1S/C12H9FN4O2/c1-17-10-8(11(18)16-12(17)19)14-9(15-10)6-3-2-4-7(13)5-6/h2-5H,1H3,(H,14,15)(H,16,18,19). The lowest BCUT2D eigenvalue weighted by Gasteiger charge is -1.95. The highest BCUT2D eigenvalue weighted by molar-refractivity contribution is 5.75. The molecule has 19 heavy (non-hydrogen) atoms. The van der Waals surface area contributed by atoms with Gasteiger partial charge >= 0.3 is 5.69 Å². The second-order valence-corrected chi connectivity index (χ2v) is 4.11. The largest absolute Gasteiger partial charge is 0.332 e. The van der Waals surface area contributed by atoms with E-state index in [0.29, 0.717) is 11.4 Å². The van der Waals surface area contributed by atoms with Crippen LogP contribution in [0.3, 0.4) is 0 Å². The van der Waals surface area contributed by atoms with E-state index in [4.69, 9.17) is 0 Å². The summed E-state index contributed by atoms with van der Waals surface area (Å²) in [5, 5.41) is 0. The van der Waals surface area contributed by atoms with Crippen LogP contribution in [-0.2, 0) is 7.05 Å². The highest BCUT2D eigenvalue weighted by Crippen LogP contribution is 2.18. The van der Waals surface area contributed by atoms with Crippen molar-refractivity contribution >= 4 is 11.2 Å². The Morgan fingerprint density at radius 1 is 1.26 bits per heavy atom. The molecule has 96 valence electrons. The van der Waals surface area contributed by atoms with Gasteiger partial charge in [-0.05, 0) is 12.1 Å². The van der Waals surface area contributed by atoms with Gasteiger partial charge in [0.05, 0.1) is 0 Å². The number of fused-ring (bicyclic) bond motifs is 1. The second kappa shape index (κ2) is 3.91. The Labute approximate surface area is 105 Å². The molecule has 3 rings (SSSR count). The SMILES string of the molecule is Cn1c(=O)[nH]c(=O)c2[nH]c(-c3cccc(F)c3)nc21. The molecule has 0 aliphatic carbocycles. The fourth-order valence-corrected chi connectivity index (χ4v) is 1.88. The van der Waals surface area contributed by atoms with Crippen LogP contribution >= 0.6 is 0 Å². The van der Waals surface area contributed by atoms with Crippen LogP contribution < -0.4 is 11.2 Å². The predicted molar refractivity (Wildman–Crippen MR) is 67.3 cm³/mol. The maximum absolute atomic E-state index is 13.2. The van der Waals surface area contributed by atoms with Crippen LogP contribution in [0.15, 0.2) is 33.9 Å². The third-order valence-corrected chi connectivity index (χ3v) is 2.85. The molecular formula is C12H9FN4O2. The lowest BCUT2D eigenvalue weighted by atomic mass is 10.2. The van der Waals surface area contributed by atoms with Gasteiger partial charge in [-0.25, -0.2) is 14.2 Å². The zero-order valence-corrected chi connectivity index (χ0v) is 9.90. The lowest BCUT2D eigenvalue weighted by Crippen LogP contribution is -2.28. The third kappa shape index (κ3) is 1.75. The van der Waals surface area contributed by atoms with Crippen molar-refractivity contribution in [2.45, 2.75) is 0 Å². The minimum Gasteiger partial charge on any atom is -0.332 e. The summed E-state index contributed by atoms with van der Waals surface area (Å²) in [4.78, 5) is 32.2. The topological polar surface area (TPSA) is 83.5 Å². The molecule has 0 amide bonds. The zero-order valence-electron chi connectivity index (χ0n) is 9.90. The van der Waals surface area contributed by atoms with Gasteiger partial charge < -0.3 is 4.98 Å². The quantitative estimate of drug-likeness (QED) is 0.677. The van der Waals surface area contributed by atoms with E-state index in [-0.39, 0.29) is 11.2 Å². The van der Waals surface area contributed by atoms with Crippen molar-refractivity contribution in [3.05, 3.63) is 50.9 Å². The fourth-order valence-electron chi connectivity index (χ4n) is 1.88. The number of hydrogen-bond donors (Lipinski definition) is 2. The Balaban J connectivity index is 2.34. The van der Waals surface area contributed by atoms with Gasteiger partial charge in [0.1, 0.15) is 17.2 Å². The van der Waals surface area contributed by atoms with E-state index < -0.39 is 17.1 Å². The maximum atomic E-state index is 13.2. The Morgan fingerprint density at radius 2 is 2.05 bits per heavy atom. The highest BCUT2D eigenvalue weighted by Gasteiger charge is 2.12. The number of imidazole rings is 1. The molecule has 3 aromatic rings. The molecule has 0 radical (unpaired) electrons. The number of H-pyrrole nitrogens is 2. The first kappa shape index (κ1) is 11.4. The number of aromatic amines is 2. The normalized spacial score (nSPS) is 11.1. The lowest BCUT2D eigenvalue weighted by molar-refractivity contribution is 0.628. The highest BCUT2D eigenvalue weighted by atomic mass is 19.1. The number of halogens is 1. The number of benzene rings is 1. The van der Waals surface area contributed by atoms with Gasteiger partial charge in [0, 0.05) is 12.6 Å². The summed E-state index contributed by atoms with van der Waals surface area (Å²) < 4.78 is 14.4. The van der Waals surface area contributed by atoms with E-state index in [9.17, 15) is 14.0 Å². The van der Waals surface area contributed by atoms with Gasteiger partial charge in [-0.3, -0.25) is 14.3 Å². The summed E-state index contributed by atoms with van der Waals surface area (Å²) >= 11 is 0. The summed E-state index contributed by atoms with van der Waals surface area (Å²) in [6.45, 7) is 0. The van der Waals surface area contributed by atoms with Gasteiger partial charge in [-0.15, -0.1) is 0 Å². The third-order valence-electron chi connectivity index (χ3n) is 2.85. The van der Waals surface area contributed by atoms with Gasteiger partial charge in [0.2, 0.25) is 0 Å². The van der Waals surface area contributed by atoms with E-state index in [0.717, 1.165) is 0 Å². The summed E-state index contributed by atoms with van der Waals surface area (Å²) in [7, 11) is 1.50. The molecule has 2 aromatic heterocycles. The van der Waals surface area contributed by atoms with Gasteiger partial charge in [-0.2, -0.15) is 0 Å². The summed E-state index contributed by atoms with van der Waals surface area (Å²) in [5.74, 6) is -0.0676. The van der Waals surface area contributed by atoms with Gasteiger partial charge in [0.25, 0.3) is 5.56 Å². The molecule has 0 atom stereocenters. The molecule has 0 unspecified atom stereocenters. The molecule has 1 aromatic carbocycles. The van der Waals surface area contributed by atoms with Crippen molar-refractivity contribution < 1.29 is 4.39 Å². The van der Waals surface area contributed by atoms with Crippen LogP contribution in [0.2, 0.25) is 0 Å². The first-order chi connectivity index (χ1) is 9.06. The summed E-state index contributed by atoms with van der Waals surface area (Å²) in [6.07, 6.45) is 0. The molecule has 0 aliphatic rings. The van der Waals surface area contributed by atoms with Crippen LogP contribution in [0.4, 0.5) is 4.39 Å². The van der Waals surface area contributed by atoms with Crippen molar-refractivity contribution in [3.8, 4) is 11.4 Å². The van der Waals surface area contributed by atoms with Gasteiger partial charge in [-0.1, -0.05) is 12.1 Å². The number of aromatic nitrogens is 4. The minimum absolute atomic E-state index is 0.182. The Morgan fingerprint density at radius 3 is 2.79 bits per heavy atom. The molecule has 0 fully saturated rings. The second-order valence-electron chi connectivity index (χ2n) is 4.11. The molecule has 7 heteroatoms. The molecule has 2 N–H and O–H groups in total. The smallest absolute Gasteiger partial charge is 0.329 e. The van der Waals surface area contributed by atoms with E-state index >= 15 is 0 Å². The van der Waals surface area contributed by atoms with E-state index in [1.807, 2.05) is 0 Å². The molecule has 0 spiro atoms. The van der Waals surface area contributed by atoms with Crippen LogP contribution in [0, 0.1) is 5.82 Å². The monoisotopic (exact) mass is 260 g/mol. The van der Waals surface area contributed by atoms with Crippen molar-refractivity contribution in [3.63, 3.8) is 0 Å². The summed E-state index contributed by atoms with van der Waals surface area (Å²) in [5.41, 5.74) is -0.180. The predicted octanol–water partition coefficient (Wildman–Crippen LogP) is 0.756. The van der Waals surface area contributed by atoms with Crippen molar-refractivity contribution in [1.82, 2.24) is 19.5 Å². The van der Waals surface area contributed by atoms with Crippen LogP contribution in [0.5, 0.6) is 0 Å². The number of nitrogens with zero attached hydrogens (tertiary/aromatic N) is 2. The van der Waals surface area contributed by atoms with E-state index in [1.54, 1.807) is 12.1 Å². The average Bonchev–Trinajstić information content (AvgIpc) is 2.82. The van der Waals surface area contributed by atoms with Crippen molar-refractivity contribution in [2.24, 2.45) is 7.05 Å². The molecule has 0 saturated carbocycles. The van der Waals surface area contributed by atoms with Crippen LogP contribution in [0.1, 0.15) is 0 Å². The Kier molecular flexibility index (Phi) is 2.34. The Bertz CT molecular complexity index is 891. The molecule has 0 bridgehead atoms. The average molecular weight is 260 g/mol. The minimum atomic E-state index is -0.548. The zero-order chi connectivity index (χ0) is 13.6. The first-order valence-corrected chi connectivity index (χ1v) is 5.51. The Hall–Kier alpha value is -2.70. The summed E-state index contributed by atoms with van der Waals surface area (Å²) in [6, 6.07) is 5.81. The van der Waals surface area contributed by atoms with Gasteiger partial charge in [0.15, 0.2) is 5.65 Å². The molecule has 6 nitrogen and oxygen atoms in total. The maximum Gasteiger partial charge on any atom is 0.329 e. The number of aryl methyl sites for hydroxylation is 1. The fraction of sp³-hybridized carbons (Fsp3) is 0.0833.